The molecule has 7 heteroatoms. The summed E-state index contributed by atoms with van der Waals surface area (Å²) in [6, 6.07) is 8.15. The van der Waals surface area contributed by atoms with E-state index in [1.54, 1.807) is 0 Å². The monoisotopic (exact) mass is 374 g/mol. The summed E-state index contributed by atoms with van der Waals surface area (Å²) < 4.78 is 15.6. The van der Waals surface area contributed by atoms with E-state index in [4.69, 9.17) is 14.2 Å². The summed E-state index contributed by atoms with van der Waals surface area (Å²) in [7, 11) is 0. The molecule has 0 aliphatic rings. The van der Waals surface area contributed by atoms with Crippen molar-refractivity contribution in [1.82, 2.24) is 0 Å². The van der Waals surface area contributed by atoms with E-state index in [1.165, 1.54) is 36.4 Å². The van der Waals surface area contributed by atoms with Gasteiger partial charge in [0.25, 0.3) is 0 Å². The van der Waals surface area contributed by atoms with Crippen molar-refractivity contribution in [2.24, 2.45) is 0 Å². The number of carbonyl (C=O) groups is 2. The third-order valence-electron chi connectivity index (χ3n) is 3.51. The Morgan fingerprint density at radius 1 is 0.778 bits per heavy atom. The summed E-state index contributed by atoms with van der Waals surface area (Å²) in [5, 5.41) is 19.7. The normalized spacial score (nSPS) is 10.3. The Kier molecular flexibility index (Phi) is 7.05. The molecule has 27 heavy (non-hydrogen) atoms. The lowest BCUT2D eigenvalue weighted by Crippen LogP contribution is -2.13. The van der Waals surface area contributed by atoms with E-state index in [1.807, 2.05) is 13.8 Å². The van der Waals surface area contributed by atoms with Gasteiger partial charge >= 0.3 is 11.9 Å². The number of benzene rings is 2. The van der Waals surface area contributed by atoms with Gasteiger partial charge in [-0.3, -0.25) is 0 Å². The highest BCUT2D eigenvalue weighted by Crippen LogP contribution is 2.27. The smallest absolute Gasteiger partial charge is 0.349 e. The summed E-state index contributed by atoms with van der Waals surface area (Å²) in [5.41, 5.74) is -0.426. The fraction of sp³-hybridized carbons (Fsp3) is 0.300. The van der Waals surface area contributed by atoms with Crippen LogP contribution >= 0.6 is 0 Å². The summed E-state index contributed by atoms with van der Waals surface area (Å²) in [6.07, 6.45) is 1.55. The molecule has 0 spiro atoms. The van der Waals surface area contributed by atoms with Gasteiger partial charge in [0.05, 0.1) is 13.2 Å². The molecule has 7 nitrogen and oxygen atoms in total. The van der Waals surface area contributed by atoms with E-state index in [0.29, 0.717) is 24.7 Å². The molecule has 2 aromatic carbocycles. The van der Waals surface area contributed by atoms with Crippen LogP contribution in [0.4, 0.5) is 0 Å². The molecule has 0 saturated carbocycles. The highest BCUT2D eigenvalue weighted by atomic mass is 16.6. The first-order valence-corrected chi connectivity index (χ1v) is 8.64. The number of aromatic hydroxyl groups is 2. The maximum atomic E-state index is 12.3. The minimum absolute atomic E-state index is 0.213. The molecule has 0 aliphatic heterocycles. The number of rotatable bonds is 8. The number of hydrogen-bond acceptors (Lipinski definition) is 7. The second-order valence-electron chi connectivity index (χ2n) is 5.73. The first-order valence-electron chi connectivity index (χ1n) is 8.64. The third-order valence-corrected chi connectivity index (χ3v) is 3.51. The van der Waals surface area contributed by atoms with Crippen molar-refractivity contribution >= 4 is 11.9 Å². The van der Waals surface area contributed by atoms with E-state index in [2.05, 4.69) is 0 Å². The molecule has 0 saturated heterocycles. The van der Waals surface area contributed by atoms with Crippen LogP contribution in [0.5, 0.6) is 23.0 Å². The van der Waals surface area contributed by atoms with E-state index < -0.39 is 11.9 Å². The van der Waals surface area contributed by atoms with Gasteiger partial charge < -0.3 is 24.4 Å². The van der Waals surface area contributed by atoms with Gasteiger partial charge in [0, 0.05) is 0 Å². The van der Waals surface area contributed by atoms with E-state index in [9.17, 15) is 19.8 Å². The fourth-order valence-electron chi connectivity index (χ4n) is 2.17. The van der Waals surface area contributed by atoms with Gasteiger partial charge in [-0.05, 0) is 49.2 Å². The van der Waals surface area contributed by atoms with Crippen molar-refractivity contribution in [3.63, 3.8) is 0 Å². The average molecular weight is 374 g/mol. The van der Waals surface area contributed by atoms with Crippen molar-refractivity contribution in [2.75, 3.05) is 13.2 Å². The minimum Gasteiger partial charge on any atom is -0.507 e. The first kappa shape index (κ1) is 20.1. The molecule has 0 radical (unpaired) electrons. The molecule has 0 unspecified atom stereocenters. The SMILES string of the molecule is CCCOc1ccc(O)c(C(=O)OC(=O)c2cc(OCCC)ccc2O)c1. The van der Waals surface area contributed by atoms with E-state index in [0.717, 1.165) is 12.8 Å². The van der Waals surface area contributed by atoms with Crippen LogP contribution in [0.3, 0.4) is 0 Å². The molecular formula is C20H22O7. The van der Waals surface area contributed by atoms with Crippen LogP contribution in [0, 0.1) is 0 Å². The van der Waals surface area contributed by atoms with Crippen LogP contribution < -0.4 is 9.47 Å². The van der Waals surface area contributed by atoms with Crippen molar-refractivity contribution < 1.29 is 34.0 Å². The molecule has 144 valence electrons. The Balaban J connectivity index is 2.17. The van der Waals surface area contributed by atoms with Crippen molar-refractivity contribution in [2.45, 2.75) is 26.7 Å². The zero-order valence-corrected chi connectivity index (χ0v) is 15.2. The molecular weight excluding hydrogens is 352 g/mol. The summed E-state index contributed by atoms with van der Waals surface area (Å²) >= 11 is 0. The molecule has 2 rings (SSSR count). The van der Waals surface area contributed by atoms with Gasteiger partial charge in [-0.1, -0.05) is 13.8 Å². The van der Waals surface area contributed by atoms with Gasteiger partial charge in [-0.15, -0.1) is 0 Å². The largest absolute Gasteiger partial charge is 0.507 e. The molecule has 0 aliphatic carbocycles. The van der Waals surface area contributed by atoms with Crippen LogP contribution in [0.15, 0.2) is 36.4 Å². The molecule has 0 amide bonds. The maximum absolute atomic E-state index is 12.3. The predicted molar refractivity (Wildman–Crippen MR) is 97.5 cm³/mol. The first-order chi connectivity index (χ1) is 13.0. The highest BCUT2D eigenvalue weighted by Gasteiger charge is 2.21. The lowest BCUT2D eigenvalue weighted by molar-refractivity contribution is 0.0393. The number of hydrogen-bond donors (Lipinski definition) is 2. The van der Waals surface area contributed by atoms with Crippen molar-refractivity contribution in [3.8, 4) is 23.0 Å². The molecule has 0 heterocycles. The Labute approximate surface area is 157 Å². The summed E-state index contributed by atoms with van der Waals surface area (Å²) in [6.45, 7) is 4.74. The van der Waals surface area contributed by atoms with Crippen LogP contribution in [-0.2, 0) is 4.74 Å². The van der Waals surface area contributed by atoms with Crippen LogP contribution in [0.1, 0.15) is 47.4 Å². The average Bonchev–Trinajstić information content (AvgIpc) is 2.66. The molecule has 2 N–H and O–H groups in total. The second-order valence-corrected chi connectivity index (χ2v) is 5.73. The Hall–Kier alpha value is -3.22. The van der Waals surface area contributed by atoms with E-state index >= 15 is 0 Å². The summed E-state index contributed by atoms with van der Waals surface area (Å²) in [5.74, 6) is -2.07. The third kappa shape index (κ3) is 5.37. The molecule has 0 atom stereocenters. The second kappa shape index (κ2) is 9.47. The Morgan fingerprint density at radius 2 is 1.19 bits per heavy atom. The van der Waals surface area contributed by atoms with Crippen molar-refractivity contribution in [3.05, 3.63) is 47.5 Å². The van der Waals surface area contributed by atoms with Gasteiger partial charge in [0.2, 0.25) is 0 Å². The molecule has 0 aromatic heterocycles. The van der Waals surface area contributed by atoms with Crippen LogP contribution in [-0.4, -0.2) is 35.4 Å². The standard InChI is InChI=1S/C20H22O7/c1-3-9-25-13-5-7-17(21)15(11-13)19(23)27-20(24)16-12-14(26-10-4-2)6-8-18(16)22/h5-8,11-12,21-22H,3-4,9-10H2,1-2H3. The molecule has 0 fully saturated rings. The number of phenolic OH excluding ortho intramolecular Hbond substituents is 2. The zero-order valence-electron chi connectivity index (χ0n) is 15.2. The van der Waals surface area contributed by atoms with Gasteiger partial charge in [0.1, 0.15) is 34.1 Å². The number of phenols is 2. The Morgan fingerprint density at radius 3 is 1.56 bits per heavy atom. The Bertz CT molecular complexity index is 746. The number of ether oxygens (including phenoxy) is 3. The quantitative estimate of drug-likeness (QED) is 0.537. The fourth-order valence-corrected chi connectivity index (χ4v) is 2.17. The topological polar surface area (TPSA) is 102 Å². The molecule has 2 aromatic rings. The van der Waals surface area contributed by atoms with Gasteiger partial charge in [0.15, 0.2) is 0 Å². The maximum Gasteiger partial charge on any atom is 0.349 e. The van der Waals surface area contributed by atoms with Crippen LogP contribution in [0.2, 0.25) is 0 Å². The lowest BCUT2D eigenvalue weighted by Gasteiger charge is -2.10. The van der Waals surface area contributed by atoms with E-state index in [-0.39, 0.29) is 22.6 Å². The number of esters is 2. The van der Waals surface area contributed by atoms with Gasteiger partial charge in [-0.2, -0.15) is 0 Å². The highest BCUT2D eigenvalue weighted by molar-refractivity contribution is 6.05. The lowest BCUT2D eigenvalue weighted by atomic mass is 10.1. The predicted octanol–water partition coefficient (Wildman–Crippen LogP) is 3.67. The van der Waals surface area contributed by atoms with Crippen molar-refractivity contribution in [1.29, 1.82) is 0 Å². The van der Waals surface area contributed by atoms with Gasteiger partial charge in [-0.25, -0.2) is 9.59 Å². The summed E-state index contributed by atoms with van der Waals surface area (Å²) in [4.78, 5) is 24.5. The van der Waals surface area contributed by atoms with Crippen LogP contribution in [0.25, 0.3) is 0 Å². The molecule has 0 bridgehead atoms. The zero-order chi connectivity index (χ0) is 19.8. The minimum atomic E-state index is -1.06. The number of carbonyl (C=O) groups excluding carboxylic acids is 2.